The molecule has 0 saturated carbocycles. The third-order valence-corrected chi connectivity index (χ3v) is 6.34. The van der Waals surface area contributed by atoms with Gasteiger partial charge in [-0.2, -0.15) is 0 Å². The quantitative estimate of drug-likeness (QED) is 0.536. The standard InChI is InChI=1S/C22H21N5S/c23-22(16-5-2-1-3-6-16)12-4-7-19-20(22)26-21(28-19)25-17-8-10-18(11-9-17)27-14-13-24-15-27/h1-3,5-6,8-11,13-15H,4,7,12,23H2,(H,25,26). The van der Waals surface area contributed by atoms with Crippen molar-refractivity contribution in [2.24, 2.45) is 5.73 Å². The van der Waals surface area contributed by atoms with E-state index in [2.05, 4.69) is 46.7 Å². The molecule has 5 rings (SSSR count). The second-order valence-corrected chi connectivity index (χ2v) is 8.21. The Bertz CT molecular complexity index is 1070. The number of imidazole rings is 1. The second-order valence-electron chi connectivity index (χ2n) is 7.12. The molecule has 1 unspecified atom stereocenters. The van der Waals surface area contributed by atoms with Gasteiger partial charge in [-0.25, -0.2) is 9.97 Å². The third kappa shape index (κ3) is 3.00. The van der Waals surface area contributed by atoms with E-state index in [1.165, 1.54) is 4.88 Å². The van der Waals surface area contributed by atoms with Crippen molar-refractivity contribution in [3.05, 3.63) is 89.5 Å². The van der Waals surface area contributed by atoms with Gasteiger partial charge in [-0.05, 0) is 49.1 Å². The number of anilines is 2. The van der Waals surface area contributed by atoms with Crippen LogP contribution in [0.5, 0.6) is 0 Å². The van der Waals surface area contributed by atoms with Gasteiger partial charge in [0.25, 0.3) is 0 Å². The van der Waals surface area contributed by atoms with E-state index in [-0.39, 0.29) is 0 Å². The highest BCUT2D eigenvalue weighted by Gasteiger charge is 2.37. The van der Waals surface area contributed by atoms with Gasteiger partial charge in [0.2, 0.25) is 0 Å². The number of rotatable bonds is 4. The van der Waals surface area contributed by atoms with Crippen molar-refractivity contribution in [1.29, 1.82) is 0 Å². The summed E-state index contributed by atoms with van der Waals surface area (Å²) in [5.74, 6) is 0. The fourth-order valence-corrected chi connectivity index (χ4v) is 4.95. The number of hydrogen-bond donors (Lipinski definition) is 2. The lowest BCUT2D eigenvalue weighted by Crippen LogP contribution is -2.41. The van der Waals surface area contributed by atoms with Crippen LogP contribution in [0.1, 0.15) is 29.0 Å². The van der Waals surface area contributed by atoms with Gasteiger partial charge in [-0.15, -0.1) is 11.3 Å². The van der Waals surface area contributed by atoms with E-state index in [0.29, 0.717) is 0 Å². The minimum atomic E-state index is -0.503. The zero-order valence-electron chi connectivity index (χ0n) is 15.4. The van der Waals surface area contributed by atoms with Crippen molar-refractivity contribution < 1.29 is 0 Å². The number of nitrogens with two attached hydrogens (primary N) is 1. The molecule has 1 aliphatic rings. The lowest BCUT2D eigenvalue weighted by molar-refractivity contribution is 0.435. The van der Waals surface area contributed by atoms with Crippen LogP contribution in [-0.4, -0.2) is 14.5 Å². The Morgan fingerprint density at radius 1 is 1.07 bits per heavy atom. The molecule has 0 saturated heterocycles. The molecule has 4 aromatic rings. The Hall–Kier alpha value is -2.96. The van der Waals surface area contributed by atoms with Crippen LogP contribution < -0.4 is 11.1 Å². The summed E-state index contributed by atoms with van der Waals surface area (Å²) in [5.41, 5.74) is 10.6. The summed E-state index contributed by atoms with van der Waals surface area (Å²) in [6, 6.07) is 18.6. The number of nitrogens with zero attached hydrogens (tertiary/aromatic N) is 3. The Labute approximate surface area is 167 Å². The van der Waals surface area contributed by atoms with Gasteiger partial charge in [0.15, 0.2) is 5.13 Å². The maximum Gasteiger partial charge on any atom is 0.187 e. The predicted molar refractivity (Wildman–Crippen MR) is 113 cm³/mol. The summed E-state index contributed by atoms with van der Waals surface area (Å²) in [6.45, 7) is 0. The van der Waals surface area contributed by atoms with Crippen molar-refractivity contribution in [2.75, 3.05) is 5.32 Å². The number of thiazole rings is 1. The van der Waals surface area contributed by atoms with E-state index in [0.717, 1.165) is 47.0 Å². The number of benzene rings is 2. The van der Waals surface area contributed by atoms with E-state index < -0.39 is 5.54 Å². The first kappa shape index (κ1) is 17.2. The molecule has 3 N–H and O–H groups in total. The van der Waals surface area contributed by atoms with Gasteiger partial charge in [-0.3, -0.25) is 0 Å². The van der Waals surface area contributed by atoms with Crippen molar-refractivity contribution in [1.82, 2.24) is 14.5 Å². The van der Waals surface area contributed by atoms with E-state index in [9.17, 15) is 0 Å². The van der Waals surface area contributed by atoms with Gasteiger partial charge >= 0.3 is 0 Å². The fourth-order valence-electron chi connectivity index (χ4n) is 3.84. The van der Waals surface area contributed by atoms with Gasteiger partial charge in [0.05, 0.1) is 17.6 Å². The average Bonchev–Trinajstić information content (AvgIpc) is 3.40. The number of aryl methyl sites for hydroxylation is 1. The molecule has 0 radical (unpaired) electrons. The van der Waals surface area contributed by atoms with E-state index >= 15 is 0 Å². The van der Waals surface area contributed by atoms with E-state index in [1.807, 2.05) is 29.0 Å². The smallest absolute Gasteiger partial charge is 0.187 e. The summed E-state index contributed by atoms with van der Waals surface area (Å²) in [6.07, 6.45) is 8.55. The first-order chi connectivity index (χ1) is 13.7. The maximum atomic E-state index is 6.88. The number of fused-ring (bicyclic) bond motifs is 1. The molecule has 0 aliphatic heterocycles. The molecule has 5 nitrogen and oxygen atoms in total. The van der Waals surface area contributed by atoms with Crippen molar-refractivity contribution in [3.63, 3.8) is 0 Å². The zero-order valence-corrected chi connectivity index (χ0v) is 16.2. The van der Waals surface area contributed by atoms with Crippen LogP contribution in [0.2, 0.25) is 0 Å². The highest BCUT2D eigenvalue weighted by Crippen LogP contribution is 2.42. The molecule has 28 heavy (non-hydrogen) atoms. The average molecular weight is 388 g/mol. The maximum absolute atomic E-state index is 6.88. The summed E-state index contributed by atoms with van der Waals surface area (Å²) in [7, 11) is 0. The minimum Gasteiger partial charge on any atom is -0.332 e. The van der Waals surface area contributed by atoms with Crippen molar-refractivity contribution in [2.45, 2.75) is 24.8 Å². The molecule has 0 bridgehead atoms. The first-order valence-corrected chi connectivity index (χ1v) is 10.2. The Balaban J connectivity index is 1.42. The fraction of sp³-hybridized carbons (Fsp3) is 0.182. The van der Waals surface area contributed by atoms with Crippen molar-refractivity contribution in [3.8, 4) is 5.69 Å². The highest BCUT2D eigenvalue weighted by atomic mass is 32.1. The molecule has 2 aromatic heterocycles. The van der Waals surface area contributed by atoms with Crippen LogP contribution in [0, 0.1) is 0 Å². The monoisotopic (exact) mass is 387 g/mol. The molecule has 0 amide bonds. The Morgan fingerprint density at radius 2 is 1.89 bits per heavy atom. The Morgan fingerprint density at radius 3 is 2.64 bits per heavy atom. The molecule has 1 atom stereocenters. The number of nitrogens with one attached hydrogen (secondary N) is 1. The number of aromatic nitrogens is 3. The lowest BCUT2D eigenvalue weighted by atomic mass is 9.78. The molecular weight excluding hydrogens is 366 g/mol. The van der Waals surface area contributed by atoms with Crippen LogP contribution in [0.3, 0.4) is 0 Å². The van der Waals surface area contributed by atoms with Gasteiger partial charge < -0.3 is 15.6 Å². The van der Waals surface area contributed by atoms with Gasteiger partial charge in [0.1, 0.15) is 0 Å². The van der Waals surface area contributed by atoms with Gasteiger partial charge in [0, 0.05) is 28.6 Å². The summed E-state index contributed by atoms with van der Waals surface area (Å²) in [4.78, 5) is 10.3. The molecule has 0 fully saturated rings. The molecule has 140 valence electrons. The largest absolute Gasteiger partial charge is 0.332 e. The normalized spacial score (nSPS) is 18.6. The molecule has 2 aromatic carbocycles. The molecule has 0 spiro atoms. The lowest BCUT2D eigenvalue weighted by Gasteiger charge is -2.32. The van der Waals surface area contributed by atoms with Crippen LogP contribution in [0.4, 0.5) is 10.8 Å². The second kappa shape index (κ2) is 6.89. The summed E-state index contributed by atoms with van der Waals surface area (Å²) in [5, 5.41) is 4.35. The molecular formula is C22H21N5S. The first-order valence-electron chi connectivity index (χ1n) is 9.42. The summed E-state index contributed by atoms with van der Waals surface area (Å²) < 4.78 is 1.98. The van der Waals surface area contributed by atoms with Gasteiger partial charge in [-0.1, -0.05) is 30.3 Å². The van der Waals surface area contributed by atoms with E-state index in [1.54, 1.807) is 23.9 Å². The van der Waals surface area contributed by atoms with Crippen LogP contribution in [0.25, 0.3) is 5.69 Å². The van der Waals surface area contributed by atoms with E-state index in [4.69, 9.17) is 10.7 Å². The molecule has 1 aliphatic carbocycles. The minimum absolute atomic E-state index is 0.503. The highest BCUT2D eigenvalue weighted by molar-refractivity contribution is 7.15. The Kier molecular flexibility index (Phi) is 4.22. The summed E-state index contributed by atoms with van der Waals surface area (Å²) >= 11 is 1.71. The topological polar surface area (TPSA) is 68.8 Å². The van der Waals surface area contributed by atoms with Crippen LogP contribution >= 0.6 is 11.3 Å². The molecule has 2 heterocycles. The van der Waals surface area contributed by atoms with Crippen LogP contribution in [-0.2, 0) is 12.0 Å². The number of hydrogen-bond acceptors (Lipinski definition) is 5. The zero-order chi connectivity index (χ0) is 19.0. The third-order valence-electron chi connectivity index (χ3n) is 5.30. The van der Waals surface area contributed by atoms with Crippen LogP contribution in [0.15, 0.2) is 73.3 Å². The van der Waals surface area contributed by atoms with Crippen molar-refractivity contribution >= 4 is 22.2 Å². The predicted octanol–water partition coefficient (Wildman–Crippen LogP) is 4.61. The SMILES string of the molecule is NC1(c2ccccc2)CCCc2sc(Nc3ccc(-n4ccnc4)cc3)nc21. The molecule has 6 heteroatoms.